The van der Waals surface area contributed by atoms with Crippen LogP contribution in [-0.2, 0) is 10.0 Å². The van der Waals surface area contributed by atoms with Gasteiger partial charge in [0.05, 0.1) is 21.7 Å². The highest BCUT2D eigenvalue weighted by Crippen LogP contribution is 2.30. The number of hydrogen-bond acceptors (Lipinski definition) is 5. The predicted octanol–water partition coefficient (Wildman–Crippen LogP) is 3.65. The average molecular weight is 482 g/mol. The van der Waals surface area contributed by atoms with Crippen molar-refractivity contribution >= 4 is 44.8 Å². The van der Waals surface area contributed by atoms with Crippen molar-refractivity contribution in [1.82, 2.24) is 4.31 Å². The van der Waals surface area contributed by atoms with Gasteiger partial charge in [-0.05, 0) is 54.6 Å². The first-order valence-electron chi connectivity index (χ1n) is 10.4. The number of fused-ring (bicyclic) bond motifs is 1. The molecule has 0 saturated carbocycles. The van der Waals surface area contributed by atoms with Gasteiger partial charge in [0.15, 0.2) is 0 Å². The minimum atomic E-state index is -3.70. The maximum atomic E-state index is 13.2. The summed E-state index contributed by atoms with van der Waals surface area (Å²) in [5.41, 5.74) is 1.99. The summed E-state index contributed by atoms with van der Waals surface area (Å²) in [7, 11) is -3.70. The zero-order chi connectivity index (χ0) is 23.2. The van der Waals surface area contributed by atoms with Crippen molar-refractivity contribution in [2.24, 2.45) is 0 Å². The van der Waals surface area contributed by atoms with Gasteiger partial charge < -0.3 is 4.90 Å². The van der Waals surface area contributed by atoms with Crippen molar-refractivity contribution in [2.45, 2.75) is 4.90 Å². The van der Waals surface area contributed by atoms with Crippen molar-refractivity contribution in [3.63, 3.8) is 0 Å². The summed E-state index contributed by atoms with van der Waals surface area (Å²) in [5.74, 6) is -0.827. The van der Waals surface area contributed by atoms with E-state index in [0.29, 0.717) is 48.0 Å². The highest BCUT2D eigenvalue weighted by Gasteiger charge is 2.36. The third-order valence-electron chi connectivity index (χ3n) is 5.94. The molecule has 33 heavy (non-hydrogen) atoms. The molecule has 2 aliphatic heterocycles. The maximum Gasteiger partial charge on any atom is 0.266 e. The van der Waals surface area contributed by atoms with Crippen molar-refractivity contribution in [3.8, 4) is 0 Å². The lowest BCUT2D eigenvalue weighted by Gasteiger charge is -2.35. The number of rotatable bonds is 4. The molecule has 0 unspecified atom stereocenters. The molecule has 0 aliphatic carbocycles. The zero-order valence-corrected chi connectivity index (χ0v) is 19.1. The maximum absolute atomic E-state index is 13.2. The fourth-order valence-electron chi connectivity index (χ4n) is 4.20. The standard InChI is InChI=1S/C24H20ClN3O4S/c25-17-4-3-5-19(16-17)26-12-14-27(15-13-26)33(31,32)20-10-8-18(9-11-20)28-23(29)21-6-1-2-7-22(21)24(28)30/h1-11,16H,12-15H2. The smallest absolute Gasteiger partial charge is 0.266 e. The lowest BCUT2D eigenvalue weighted by molar-refractivity contribution is 0.0926. The van der Waals surface area contributed by atoms with Crippen LogP contribution in [0.2, 0.25) is 5.02 Å². The Balaban J connectivity index is 1.31. The second-order valence-corrected chi connectivity index (χ2v) is 10.2. The molecule has 3 aromatic carbocycles. The molecule has 9 heteroatoms. The lowest BCUT2D eigenvalue weighted by atomic mass is 10.1. The van der Waals surface area contributed by atoms with Gasteiger partial charge in [0.2, 0.25) is 10.0 Å². The molecule has 0 N–H and O–H groups in total. The van der Waals surface area contributed by atoms with Crippen LogP contribution in [0.1, 0.15) is 20.7 Å². The van der Waals surface area contributed by atoms with E-state index >= 15 is 0 Å². The molecule has 5 rings (SSSR count). The van der Waals surface area contributed by atoms with E-state index in [4.69, 9.17) is 11.6 Å². The highest BCUT2D eigenvalue weighted by atomic mass is 35.5. The number of piperazine rings is 1. The molecular weight excluding hydrogens is 462 g/mol. The Morgan fingerprint density at radius 1 is 0.697 bits per heavy atom. The van der Waals surface area contributed by atoms with Gasteiger partial charge in [0, 0.05) is 36.9 Å². The number of carbonyl (C=O) groups excluding carboxylic acids is 2. The fourth-order valence-corrected chi connectivity index (χ4v) is 5.81. The van der Waals surface area contributed by atoms with Crippen LogP contribution in [0.25, 0.3) is 0 Å². The first-order valence-corrected chi connectivity index (χ1v) is 12.3. The number of halogens is 1. The lowest BCUT2D eigenvalue weighted by Crippen LogP contribution is -2.48. The summed E-state index contributed by atoms with van der Waals surface area (Å²) >= 11 is 6.07. The molecule has 0 spiro atoms. The second kappa shape index (κ2) is 8.30. The molecule has 1 saturated heterocycles. The van der Waals surface area contributed by atoms with Gasteiger partial charge >= 0.3 is 0 Å². The number of carbonyl (C=O) groups is 2. The molecule has 0 radical (unpaired) electrons. The summed E-state index contributed by atoms with van der Waals surface area (Å²) in [5, 5.41) is 0.640. The number of amides is 2. The molecule has 1 fully saturated rings. The molecule has 2 aliphatic rings. The minimum Gasteiger partial charge on any atom is -0.369 e. The number of imide groups is 1. The Bertz CT molecular complexity index is 1320. The molecule has 2 amide bonds. The van der Waals surface area contributed by atoms with E-state index in [2.05, 4.69) is 4.90 Å². The van der Waals surface area contributed by atoms with E-state index < -0.39 is 21.8 Å². The van der Waals surface area contributed by atoms with Crippen molar-refractivity contribution in [2.75, 3.05) is 36.0 Å². The fraction of sp³-hybridized carbons (Fsp3) is 0.167. The van der Waals surface area contributed by atoms with E-state index in [1.54, 1.807) is 30.3 Å². The quantitative estimate of drug-likeness (QED) is 0.531. The Labute approximate surface area is 196 Å². The summed E-state index contributed by atoms with van der Waals surface area (Å²) in [6.45, 7) is 1.78. The van der Waals surface area contributed by atoms with Gasteiger partial charge in [-0.2, -0.15) is 4.31 Å². The van der Waals surface area contributed by atoms with Gasteiger partial charge in [-0.15, -0.1) is 0 Å². The third kappa shape index (κ3) is 3.80. The number of benzene rings is 3. The Morgan fingerprint density at radius 2 is 1.30 bits per heavy atom. The highest BCUT2D eigenvalue weighted by molar-refractivity contribution is 7.89. The largest absolute Gasteiger partial charge is 0.369 e. The van der Waals surface area contributed by atoms with Crippen LogP contribution in [0.3, 0.4) is 0 Å². The molecule has 7 nitrogen and oxygen atoms in total. The Morgan fingerprint density at radius 3 is 1.88 bits per heavy atom. The van der Waals surface area contributed by atoms with Crippen molar-refractivity contribution in [1.29, 1.82) is 0 Å². The van der Waals surface area contributed by atoms with E-state index in [0.717, 1.165) is 10.6 Å². The van der Waals surface area contributed by atoms with Gasteiger partial charge in [0.1, 0.15) is 0 Å². The third-order valence-corrected chi connectivity index (χ3v) is 8.09. The van der Waals surface area contributed by atoms with Gasteiger partial charge in [-0.1, -0.05) is 29.8 Å². The summed E-state index contributed by atoms with van der Waals surface area (Å²) in [6.07, 6.45) is 0. The van der Waals surface area contributed by atoms with Crippen molar-refractivity contribution < 1.29 is 18.0 Å². The van der Waals surface area contributed by atoms with Crippen LogP contribution in [0.15, 0.2) is 77.7 Å². The first kappa shape index (κ1) is 21.6. The molecule has 3 aromatic rings. The summed E-state index contributed by atoms with van der Waals surface area (Å²) in [6, 6.07) is 20.0. The second-order valence-electron chi connectivity index (χ2n) is 7.86. The van der Waals surface area contributed by atoms with Crippen LogP contribution >= 0.6 is 11.6 Å². The SMILES string of the molecule is O=C1c2ccccc2C(=O)N1c1ccc(S(=O)(=O)N2CCN(c3cccc(Cl)c3)CC2)cc1. The normalized spacial score (nSPS) is 16.9. The molecule has 0 aromatic heterocycles. The van der Waals surface area contributed by atoms with E-state index in [1.165, 1.54) is 28.6 Å². The zero-order valence-electron chi connectivity index (χ0n) is 17.5. The van der Waals surface area contributed by atoms with Crippen LogP contribution in [-0.4, -0.2) is 50.7 Å². The predicted molar refractivity (Wildman–Crippen MR) is 126 cm³/mol. The van der Waals surface area contributed by atoms with Crippen molar-refractivity contribution in [3.05, 3.63) is 88.9 Å². The minimum absolute atomic E-state index is 0.124. The number of nitrogens with zero attached hydrogens (tertiary/aromatic N) is 3. The Hall–Kier alpha value is -3.20. The summed E-state index contributed by atoms with van der Waals surface area (Å²) in [4.78, 5) is 28.6. The molecular formula is C24H20ClN3O4S. The van der Waals surface area contributed by atoms with Crippen LogP contribution in [0.5, 0.6) is 0 Å². The van der Waals surface area contributed by atoms with Crippen LogP contribution < -0.4 is 9.80 Å². The van der Waals surface area contributed by atoms with Gasteiger partial charge in [-0.3, -0.25) is 9.59 Å². The number of hydrogen-bond donors (Lipinski definition) is 0. The molecule has 2 heterocycles. The average Bonchev–Trinajstić information content (AvgIpc) is 3.09. The van der Waals surface area contributed by atoms with Crippen LogP contribution in [0.4, 0.5) is 11.4 Å². The van der Waals surface area contributed by atoms with E-state index in [1.807, 2.05) is 18.2 Å². The molecule has 0 bridgehead atoms. The van der Waals surface area contributed by atoms with E-state index in [-0.39, 0.29) is 4.90 Å². The first-order chi connectivity index (χ1) is 15.9. The molecule has 168 valence electrons. The van der Waals surface area contributed by atoms with Gasteiger partial charge in [-0.25, -0.2) is 13.3 Å². The van der Waals surface area contributed by atoms with E-state index in [9.17, 15) is 18.0 Å². The monoisotopic (exact) mass is 481 g/mol. The number of sulfonamides is 1. The summed E-state index contributed by atoms with van der Waals surface area (Å²) < 4.78 is 27.8. The Kier molecular flexibility index (Phi) is 5.44. The molecule has 0 atom stereocenters. The number of anilines is 2. The van der Waals surface area contributed by atoms with Crippen LogP contribution in [0, 0.1) is 0 Å². The topological polar surface area (TPSA) is 78.0 Å². The van der Waals surface area contributed by atoms with Gasteiger partial charge in [0.25, 0.3) is 11.8 Å².